The number of hydrogen-bond donors (Lipinski definition) is 0. The number of hydrogen-bond acceptors (Lipinski definition) is 14. The highest BCUT2D eigenvalue weighted by molar-refractivity contribution is 5.75. The molecule has 488 valence electrons. The summed E-state index contributed by atoms with van der Waals surface area (Å²) in [4.78, 5) is 77.3. The second-order valence-electron chi connectivity index (χ2n) is 21.9. The summed E-state index contributed by atoms with van der Waals surface area (Å²) >= 11 is 0. The summed E-state index contributed by atoms with van der Waals surface area (Å²) in [5.41, 5.74) is 0. The monoisotopic (exact) mass is 1170 g/mol. The van der Waals surface area contributed by atoms with Gasteiger partial charge in [-0.15, -0.1) is 0 Å². The lowest BCUT2D eigenvalue weighted by Gasteiger charge is -2.21. The summed E-state index contributed by atoms with van der Waals surface area (Å²) in [6, 6.07) is 0. The van der Waals surface area contributed by atoms with Crippen molar-refractivity contribution in [2.24, 2.45) is 23.7 Å². The topological polar surface area (TPSA) is 178 Å². The van der Waals surface area contributed by atoms with E-state index in [9.17, 15) is 33.6 Å². The zero-order valence-electron chi connectivity index (χ0n) is 56.2. The van der Waals surface area contributed by atoms with Crippen molar-refractivity contribution in [1.29, 1.82) is 0 Å². The number of likely N-dealkylation sites (N-methyl/N-ethyl adjacent to an activating group) is 1. The van der Waals surface area contributed by atoms with Gasteiger partial charge >= 0.3 is 23.9 Å². The molecule has 0 aromatic heterocycles. The zero-order chi connectivity index (χ0) is 63.1. The minimum absolute atomic E-state index is 0.0754. The number of ketones is 1. The molecule has 0 saturated heterocycles. The van der Waals surface area contributed by atoms with Gasteiger partial charge < -0.3 is 38.0 Å². The Labute approximate surface area is 505 Å². The highest BCUT2D eigenvalue weighted by Gasteiger charge is 2.18. The van der Waals surface area contributed by atoms with Crippen molar-refractivity contribution in [3.05, 3.63) is 12.2 Å². The highest BCUT2D eigenvalue weighted by atomic mass is 16.5. The minimum atomic E-state index is -0.323. The Morgan fingerprint density at radius 3 is 1.18 bits per heavy atom. The van der Waals surface area contributed by atoms with Gasteiger partial charge in [0.1, 0.15) is 12.1 Å². The number of aldehydes is 1. The average Bonchev–Trinajstić information content (AvgIpc) is 3.46. The summed E-state index contributed by atoms with van der Waals surface area (Å²) in [6.45, 7) is 32.7. The lowest BCUT2D eigenvalue weighted by atomic mass is 9.89. The lowest BCUT2D eigenvalue weighted by molar-refractivity contribution is -0.149. The Morgan fingerprint density at radius 1 is 0.427 bits per heavy atom. The number of carbonyl (C=O) groups excluding carboxylic acids is 7. The Kier molecular flexibility index (Phi) is 84.5. The standard InChI is InChI=1S/C30H55NO6.C11H22O2.C9H18O2.C9H20O.C6H12O.C3H6O/c1-7-11-12-13-14-17-20-35-29(33)21-31(10-4)22-30(34)36-23-25(5)18-15-16-19-27(26(6)8-2)24-37-28(32)9-3;1-3-5-6-7-8-9-10-13-11(12)4-2;1-2-3-4-5-6-7-8-11-9-10;1-3-4-5-6-7-8-9-10-2;1-3-6(2)4-5-7;1-3(2)4/h15-16,25-27H,7-14,17-24H2,1-6H3;3-10H2,1-2H3;9H,2-8H2,1H3;3-9H2,1-2H3;5-6H,3-4H2,1-2H3;1-2H3/b16-15-;;;;;. The SMILES string of the molecule is CC(C)=O.CCC(C)CC=O.CCCCCCCCOC.CCCCCCCCOC(=O)CC.CCCCCCCCOC(=O)CN(CC)CC(=O)OCC(C)C/C=C\CC(COC(=O)CC)C(C)CC.CCCCCCCCOC=O. The summed E-state index contributed by atoms with van der Waals surface area (Å²) in [6.07, 6.45) is 40.5. The number of nitrogens with zero attached hydrogens (tertiary/aromatic N) is 1. The van der Waals surface area contributed by atoms with Crippen LogP contribution in [0.2, 0.25) is 0 Å². The summed E-state index contributed by atoms with van der Waals surface area (Å²) in [5, 5.41) is 0. The van der Waals surface area contributed by atoms with Gasteiger partial charge in [0.2, 0.25) is 0 Å². The third-order valence-corrected chi connectivity index (χ3v) is 13.4. The Bertz CT molecular complexity index is 1380. The van der Waals surface area contributed by atoms with Gasteiger partial charge in [-0.1, -0.05) is 236 Å². The van der Waals surface area contributed by atoms with Crippen LogP contribution in [0.15, 0.2) is 12.2 Å². The van der Waals surface area contributed by atoms with E-state index in [4.69, 9.17) is 23.7 Å². The third kappa shape index (κ3) is 85.2. The van der Waals surface area contributed by atoms with Crippen LogP contribution in [0.4, 0.5) is 0 Å². The second kappa shape index (κ2) is 77.3. The quantitative estimate of drug-likeness (QED) is 0.0185. The first-order valence-electron chi connectivity index (χ1n) is 32.9. The number of allylic oxidation sites excluding steroid dienone is 2. The molecule has 0 fully saturated rings. The van der Waals surface area contributed by atoms with Gasteiger partial charge in [-0.3, -0.25) is 28.9 Å². The first kappa shape index (κ1) is 89.6. The van der Waals surface area contributed by atoms with E-state index < -0.39 is 0 Å². The molecule has 0 aromatic carbocycles. The van der Waals surface area contributed by atoms with Crippen molar-refractivity contribution in [2.75, 3.05) is 66.4 Å². The zero-order valence-corrected chi connectivity index (χ0v) is 56.2. The molecular weight excluding hydrogens is 1040 g/mol. The van der Waals surface area contributed by atoms with E-state index >= 15 is 0 Å². The van der Waals surface area contributed by atoms with E-state index in [0.717, 1.165) is 70.7 Å². The molecule has 14 heteroatoms. The first-order chi connectivity index (χ1) is 39.4. The van der Waals surface area contributed by atoms with Crippen LogP contribution in [0.3, 0.4) is 0 Å². The molecule has 0 rings (SSSR count). The maximum absolute atomic E-state index is 12.3. The average molecular weight is 1170 g/mol. The predicted molar refractivity (Wildman–Crippen MR) is 341 cm³/mol. The van der Waals surface area contributed by atoms with Crippen molar-refractivity contribution >= 4 is 42.4 Å². The van der Waals surface area contributed by atoms with E-state index in [2.05, 4.69) is 72.3 Å². The molecule has 0 saturated carbocycles. The minimum Gasteiger partial charge on any atom is -0.468 e. The highest BCUT2D eigenvalue weighted by Crippen LogP contribution is 2.21. The maximum Gasteiger partial charge on any atom is 0.320 e. The van der Waals surface area contributed by atoms with Crippen molar-refractivity contribution in [3.8, 4) is 0 Å². The van der Waals surface area contributed by atoms with Crippen LogP contribution in [-0.2, 0) is 62.0 Å². The van der Waals surface area contributed by atoms with Crippen LogP contribution >= 0.6 is 0 Å². The number of ether oxygens (including phenoxy) is 6. The van der Waals surface area contributed by atoms with Gasteiger partial charge in [-0.2, -0.15) is 0 Å². The molecule has 0 bridgehead atoms. The molecular formula is C68H133NO13. The van der Waals surface area contributed by atoms with E-state index in [-0.39, 0.29) is 48.7 Å². The number of unbranched alkanes of at least 4 members (excludes halogenated alkanes) is 20. The molecule has 0 N–H and O–H groups in total. The number of carbonyl (C=O) groups is 7. The van der Waals surface area contributed by atoms with Crippen LogP contribution < -0.4 is 0 Å². The fourth-order valence-electron chi connectivity index (χ4n) is 7.35. The maximum atomic E-state index is 12.3. The van der Waals surface area contributed by atoms with Gasteiger partial charge in [0.25, 0.3) is 6.47 Å². The van der Waals surface area contributed by atoms with Crippen molar-refractivity contribution < 1.29 is 62.0 Å². The van der Waals surface area contributed by atoms with Crippen LogP contribution in [0.25, 0.3) is 0 Å². The van der Waals surface area contributed by atoms with Gasteiger partial charge in [-0.25, -0.2) is 0 Å². The summed E-state index contributed by atoms with van der Waals surface area (Å²) in [5.74, 6) is 0.880. The number of rotatable bonds is 49. The van der Waals surface area contributed by atoms with Gasteiger partial charge in [0.05, 0.1) is 46.1 Å². The molecule has 0 aliphatic heterocycles. The molecule has 0 amide bonds. The van der Waals surface area contributed by atoms with Crippen LogP contribution in [0, 0.1) is 23.7 Å². The molecule has 0 radical (unpaired) electrons. The second-order valence-corrected chi connectivity index (χ2v) is 21.9. The number of methoxy groups -OCH3 is 1. The molecule has 0 aliphatic carbocycles. The molecule has 82 heavy (non-hydrogen) atoms. The van der Waals surface area contributed by atoms with Gasteiger partial charge in [0, 0.05) is 33.0 Å². The van der Waals surface area contributed by atoms with Gasteiger partial charge in [0.15, 0.2) is 0 Å². The smallest absolute Gasteiger partial charge is 0.320 e. The van der Waals surface area contributed by atoms with Crippen LogP contribution in [-0.4, -0.2) is 114 Å². The third-order valence-electron chi connectivity index (χ3n) is 13.4. The van der Waals surface area contributed by atoms with Crippen molar-refractivity contribution in [3.63, 3.8) is 0 Å². The lowest BCUT2D eigenvalue weighted by Crippen LogP contribution is -2.36. The van der Waals surface area contributed by atoms with Gasteiger partial charge in [-0.05, 0) is 82.6 Å². The van der Waals surface area contributed by atoms with Crippen molar-refractivity contribution in [1.82, 2.24) is 4.90 Å². The largest absolute Gasteiger partial charge is 0.468 e. The predicted octanol–water partition coefficient (Wildman–Crippen LogP) is 17.4. The molecule has 0 aliphatic rings. The van der Waals surface area contributed by atoms with E-state index in [0.29, 0.717) is 76.6 Å². The Hall–Kier alpha value is -3.65. The van der Waals surface area contributed by atoms with Crippen LogP contribution in [0.1, 0.15) is 296 Å². The van der Waals surface area contributed by atoms with Crippen LogP contribution in [0.5, 0.6) is 0 Å². The molecule has 0 heterocycles. The van der Waals surface area contributed by atoms with E-state index in [1.807, 2.05) is 20.8 Å². The molecule has 14 nitrogen and oxygen atoms in total. The first-order valence-corrected chi connectivity index (χ1v) is 32.9. The Balaban J connectivity index is -0.000000258. The van der Waals surface area contributed by atoms with E-state index in [1.54, 1.807) is 18.9 Å². The molecule has 4 atom stereocenters. The number of Topliss-reactive ketones (excluding diaryl/α,β-unsaturated/α-hetero) is 1. The fourth-order valence-corrected chi connectivity index (χ4v) is 7.35. The Morgan fingerprint density at radius 2 is 0.805 bits per heavy atom. The fraction of sp³-hybridized carbons (Fsp3) is 0.868. The molecule has 4 unspecified atom stereocenters. The summed E-state index contributed by atoms with van der Waals surface area (Å²) < 4.78 is 30.6. The molecule has 0 aromatic rings. The summed E-state index contributed by atoms with van der Waals surface area (Å²) in [7, 11) is 1.77. The normalized spacial score (nSPS) is 11.9. The van der Waals surface area contributed by atoms with E-state index in [1.165, 1.54) is 142 Å². The number of esters is 4. The van der Waals surface area contributed by atoms with Crippen molar-refractivity contribution in [2.45, 2.75) is 296 Å². The molecule has 0 spiro atoms.